The number of fused-ring (bicyclic) bond motifs is 1. The molecule has 186 valence electrons. The van der Waals surface area contributed by atoms with Crippen LogP contribution in [-0.2, 0) is 11.3 Å². The molecule has 3 aromatic rings. The average molecular weight is 501 g/mol. The molecular formula is C30H34N3O2S+. The molecule has 36 heavy (non-hydrogen) atoms. The molecule has 0 radical (unpaired) electrons. The van der Waals surface area contributed by atoms with Gasteiger partial charge in [0, 0.05) is 29.0 Å². The first-order chi connectivity index (χ1) is 17.6. The molecule has 2 amide bonds. The topological polar surface area (TPSA) is 62.6 Å². The van der Waals surface area contributed by atoms with Crippen molar-refractivity contribution in [3.63, 3.8) is 0 Å². The van der Waals surface area contributed by atoms with Gasteiger partial charge in [0.2, 0.25) is 0 Å². The Bertz CT molecular complexity index is 1190. The number of para-hydroxylation sites is 1. The van der Waals surface area contributed by atoms with E-state index in [9.17, 15) is 9.59 Å². The van der Waals surface area contributed by atoms with Gasteiger partial charge < -0.3 is 15.5 Å². The van der Waals surface area contributed by atoms with E-state index in [1.807, 2.05) is 54.6 Å². The Labute approximate surface area is 218 Å². The van der Waals surface area contributed by atoms with Crippen molar-refractivity contribution in [3.8, 4) is 0 Å². The van der Waals surface area contributed by atoms with Crippen LogP contribution in [0.5, 0.6) is 0 Å². The summed E-state index contributed by atoms with van der Waals surface area (Å²) in [4.78, 5) is 28.3. The Morgan fingerprint density at radius 1 is 0.944 bits per heavy atom. The largest absolute Gasteiger partial charge is 0.352 e. The maximum atomic E-state index is 12.6. The summed E-state index contributed by atoms with van der Waals surface area (Å²) in [6.07, 6.45) is 5.20. The van der Waals surface area contributed by atoms with Crippen molar-refractivity contribution in [3.05, 3.63) is 100 Å². The number of quaternary nitrogens is 1. The van der Waals surface area contributed by atoms with Crippen LogP contribution in [0, 0.1) is 0 Å². The second-order valence-corrected chi connectivity index (χ2v) is 10.1. The van der Waals surface area contributed by atoms with E-state index in [0.717, 1.165) is 42.2 Å². The lowest BCUT2D eigenvalue weighted by atomic mass is 10.1. The summed E-state index contributed by atoms with van der Waals surface area (Å²) in [7, 11) is 0. The van der Waals surface area contributed by atoms with E-state index in [-0.39, 0.29) is 11.8 Å². The Balaban J connectivity index is 1.26. The van der Waals surface area contributed by atoms with Gasteiger partial charge in [-0.25, -0.2) is 0 Å². The number of rotatable bonds is 11. The van der Waals surface area contributed by atoms with Crippen LogP contribution < -0.4 is 15.5 Å². The number of unbranched alkanes of at least 4 members (excludes halogenated alkanes) is 1. The van der Waals surface area contributed by atoms with Crippen LogP contribution in [0.25, 0.3) is 6.08 Å². The van der Waals surface area contributed by atoms with Crippen molar-refractivity contribution in [2.75, 3.05) is 25.0 Å². The Morgan fingerprint density at radius 2 is 1.67 bits per heavy atom. The van der Waals surface area contributed by atoms with Gasteiger partial charge in [-0.15, -0.1) is 0 Å². The lowest BCUT2D eigenvalue weighted by Crippen LogP contribution is -3.10. The molecule has 1 unspecified atom stereocenters. The third-order valence-corrected chi connectivity index (χ3v) is 7.32. The van der Waals surface area contributed by atoms with Crippen LogP contribution in [0.4, 0.5) is 5.69 Å². The van der Waals surface area contributed by atoms with Crippen molar-refractivity contribution < 1.29 is 14.5 Å². The predicted octanol–water partition coefficient (Wildman–Crippen LogP) is 4.78. The zero-order valence-electron chi connectivity index (χ0n) is 20.8. The third kappa shape index (κ3) is 7.33. The minimum Gasteiger partial charge on any atom is -0.352 e. The zero-order chi connectivity index (χ0) is 25.2. The zero-order valence-corrected chi connectivity index (χ0v) is 21.6. The number of amides is 2. The summed E-state index contributed by atoms with van der Waals surface area (Å²) in [5.74, 6) is -0.172. The van der Waals surface area contributed by atoms with Crippen LogP contribution in [0.2, 0.25) is 0 Å². The number of carbonyl (C=O) groups excluding carboxylic acids is 2. The highest BCUT2D eigenvalue weighted by Crippen LogP contribution is 2.38. The molecule has 0 spiro atoms. The van der Waals surface area contributed by atoms with Crippen LogP contribution in [-0.4, -0.2) is 31.4 Å². The molecule has 6 heteroatoms. The minimum absolute atomic E-state index is 0.0638. The number of benzene rings is 3. The standard InChI is InChI=1S/C30H33N3O2S/c1-2-3-19-33(22-24-10-5-4-6-11-24)20-9-18-31-29(34)25-16-14-23(15-17-25)21-28-30(35)32-26-12-7-8-13-27(26)36-28/h4-8,10-17,21H,2-3,9,18-20,22H2,1H3,(H,31,34)(H,32,35)/p+1. The van der Waals surface area contributed by atoms with Crippen LogP contribution in [0.3, 0.4) is 0 Å². The minimum atomic E-state index is -0.108. The molecule has 0 saturated carbocycles. The first-order valence-corrected chi connectivity index (χ1v) is 13.5. The highest BCUT2D eigenvalue weighted by molar-refractivity contribution is 8.04. The van der Waals surface area contributed by atoms with Gasteiger partial charge in [-0.3, -0.25) is 9.59 Å². The van der Waals surface area contributed by atoms with E-state index in [2.05, 4.69) is 47.9 Å². The van der Waals surface area contributed by atoms with Crippen molar-refractivity contribution in [1.82, 2.24) is 5.32 Å². The molecule has 4 rings (SSSR count). The first kappa shape index (κ1) is 25.7. The van der Waals surface area contributed by atoms with Crippen LogP contribution in [0.1, 0.15) is 47.7 Å². The average Bonchev–Trinajstić information content (AvgIpc) is 2.91. The summed E-state index contributed by atoms with van der Waals surface area (Å²) in [5.41, 5.74) is 3.71. The summed E-state index contributed by atoms with van der Waals surface area (Å²) < 4.78 is 0. The Hall–Kier alpha value is -3.35. The Morgan fingerprint density at radius 3 is 2.44 bits per heavy atom. The maximum Gasteiger partial charge on any atom is 0.262 e. The normalized spacial score (nSPS) is 14.7. The van der Waals surface area contributed by atoms with Crippen molar-refractivity contribution in [2.45, 2.75) is 37.6 Å². The molecule has 3 aromatic carbocycles. The van der Waals surface area contributed by atoms with Gasteiger partial charge in [0.05, 0.1) is 23.7 Å². The number of carbonyl (C=O) groups is 2. The lowest BCUT2D eigenvalue weighted by molar-refractivity contribution is -0.914. The van der Waals surface area contributed by atoms with Crippen molar-refractivity contribution in [2.24, 2.45) is 0 Å². The van der Waals surface area contributed by atoms with Crippen LogP contribution in [0.15, 0.2) is 88.7 Å². The molecule has 3 N–H and O–H groups in total. The van der Waals surface area contributed by atoms with Gasteiger partial charge in [-0.05, 0) is 42.3 Å². The number of anilines is 1. The number of nitrogens with one attached hydrogen (secondary N) is 3. The monoisotopic (exact) mass is 500 g/mol. The first-order valence-electron chi connectivity index (χ1n) is 12.7. The maximum absolute atomic E-state index is 12.6. The van der Waals surface area contributed by atoms with Gasteiger partial charge in [0.25, 0.3) is 11.8 Å². The molecule has 0 saturated heterocycles. The van der Waals surface area contributed by atoms with E-state index >= 15 is 0 Å². The molecule has 0 bridgehead atoms. The smallest absolute Gasteiger partial charge is 0.262 e. The molecule has 5 nitrogen and oxygen atoms in total. The SMILES string of the molecule is CCCC[NH+](CCCNC(=O)c1ccc(C=C2Sc3ccccc3NC2=O)cc1)Cc1ccccc1. The highest BCUT2D eigenvalue weighted by Gasteiger charge is 2.20. The number of hydrogen-bond acceptors (Lipinski definition) is 3. The van der Waals surface area contributed by atoms with Gasteiger partial charge in [0.1, 0.15) is 6.54 Å². The molecule has 0 aliphatic carbocycles. The van der Waals surface area contributed by atoms with Gasteiger partial charge >= 0.3 is 0 Å². The van der Waals surface area contributed by atoms with E-state index in [1.54, 1.807) is 4.90 Å². The lowest BCUT2D eigenvalue weighted by Gasteiger charge is -2.19. The summed E-state index contributed by atoms with van der Waals surface area (Å²) in [5, 5.41) is 5.98. The van der Waals surface area contributed by atoms with Gasteiger partial charge in [0.15, 0.2) is 0 Å². The van der Waals surface area contributed by atoms with Crippen LogP contribution >= 0.6 is 11.8 Å². The molecule has 0 aromatic heterocycles. The fourth-order valence-corrected chi connectivity index (χ4v) is 5.19. The number of thioether (sulfide) groups is 1. The second kappa shape index (κ2) is 13.1. The summed E-state index contributed by atoms with van der Waals surface area (Å²) >= 11 is 1.46. The van der Waals surface area contributed by atoms with Gasteiger partial charge in [-0.1, -0.05) is 79.7 Å². The quantitative estimate of drug-likeness (QED) is 0.262. The van der Waals surface area contributed by atoms with E-state index < -0.39 is 0 Å². The van der Waals surface area contributed by atoms with Gasteiger partial charge in [-0.2, -0.15) is 0 Å². The number of hydrogen-bond donors (Lipinski definition) is 3. The third-order valence-electron chi connectivity index (χ3n) is 6.22. The fraction of sp³-hybridized carbons (Fsp3) is 0.267. The predicted molar refractivity (Wildman–Crippen MR) is 148 cm³/mol. The molecule has 1 aliphatic rings. The molecular weight excluding hydrogens is 466 g/mol. The Kier molecular flexibility index (Phi) is 9.36. The van der Waals surface area contributed by atoms with E-state index in [0.29, 0.717) is 17.0 Å². The second-order valence-electron chi connectivity index (χ2n) is 9.06. The molecule has 1 heterocycles. The highest BCUT2D eigenvalue weighted by atomic mass is 32.2. The van der Waals surface area contributed by atoms with Crippen molar-refractivity contribution in [1.29, 1.82) is 0 Å². The van der Waals surface area contributed by atoms with E-state index in [1.165, 1.54) is 30.2 Å². The molecule has 1 aliphatic heterocycles. The molecule has 0 fully saturated rings. The van der Waals surface area contributed by atoms with Crippen molar-refractivity contribution >= 4 is 35.3 Å². The van der Waals surface area contributed by atoms with E-state index in [4.69, 9.17) is 0 Å². The summed E-state index contributed by atoms with van der Waals surface area (Å²) in [6, 6.07) is 25.8. The molecule has 1 atom stereocenters. The summed E-state index contributed by atoms with van der Waals surface area (Å²) in [6.45, 7) is 6.09. The fourth-order valence-electron chi connectivity index (χ4n) is 4.24.